The maximum absolute atomic E-state index is 11.2. The average molecular weight is 242 g/mol. The normalized spacial score (nSPS) is 12.6. The van der Waals surface area contributed by atoms with Crippen molar-refractivity contribution in [2.24, 2.45) is 5.41 Å². The van der Waals surface area contributed by atoms with Crippen molar-refractivity contribution in [2.75, 3.05) is 12.4 Å². The quantitative estimate of drug-likeness (QED) is 0.440. The van der Waals surface area contributed by atoms with Crippen molar-refractivity contribution in [1.29, 1.82) is 0 Å². The van der Waals surface area contributed by atoms with Gasteiger partial charge in [0, 0.05) is 5.75 Å². The highest BCUT2D eigenvalue weighted by molar-refractivity contribution is 8.54. The van der Waals surface area contributed by atoms with E-state index in [0.29, 0.717) is 11.4 Å². The summed E-state index contributed by atoms with van der Waals surface area (Å²) in [5.74, 6) is -0.268. The molecule has 0 bridgehead atoms. The lowest BCUT2D eigenvalue weighted by Crippen LogP contribution is -2.23. The molecule has 0 atom stereocenters. The third-order valence-corrected chi connectivity index (χ3v) is 3.43. The predicted molar refractivity (Wildman–Crippen MR) is 54.9 cm³/mol. The summed E-state index contributed by atoms with van der Waals surface area (Å²) < 4.78 is 15.2. The molecule has 0 unspecified atom stereocenters. The lowest BCUT2D eigenvalue weighted by atomic mass is 9.97. The van der Waals surface area contributed by atoms with Gasteiger partial charge < -0.3 is 14.5 Å². The first-order valence-corrected chi connectivity index (χ1v) is 7.20. The Morgan fingerprint density at radius 3 is 2.29 bits per heavy atom. The van der Waals surface area contributed by atoms with Gasteiger partial charge in [-0.1, -0.05) is 0 Å². The minimum Gasteiger partial charge on any atom is -0.464 e. The van der Waals surface area contributed by atoms with E-state index in [1.54, 1.807) is 20.8 Å². The third kappa shape index (κ3) is 7.38. The molecule has 0 aliphatic rings. The number of carbonyl (C=O) groups is 1. The molecule has 0 amide bonds. The van der Waals surface area contributed by atoms with Gasteiger partial charge in [0.05, 0.1) is 5.41 Å². The van der Waals surface area contributed by atoms with Gasteiger partial charge in [-0.25, -0.2) is 4.57 Å². The van der Waals surface area contributed by atoms with Gasteiger partial charge in [0.2, 0.25) is 0 Å². The highest BCUT2D eigenvalue weighted by Crippen LogP contribution is 2.49. The number of ether oxygens (including phenoxy) is 1. The smallest absolute Gasteiger partial charge is 0.384 e. The summed E-state index contributed by atoms with van der Waals surface area (Å²) in [6.45, 7) is 1.12. The molecule has 0 heterocycles. The molecule has 7 heteroatoms. The summed E-state index contributed by atoms with van der Waals surface area (Å²) in [5.41, 5.74) is -0.577. The fourth-order valence-electron chi connectivity index (χ4n) is 0.507. The van der Waals surface area contributed by atoms with Crippen LogP contribution < -0.4 is 0 Å². The van der Waals surface area contributed by atoms with Crippen molar-refractivity contribution >= 4 is 24.1 Å². The van der Waals surface area contributed by atoms with E-state index in [4.69, 9.17) is 14.5 Å². The van der Waals surface area contributed by atoms with Crippen LogP contribution in [0.5, 0.6) is 0 Å². The van der Waals surface area contributed by atoms with Gasteiger partial charge >= 0.3 is 12.8 Å². The van der Waals surface area contributed by atoms with Gasteiger partial charge in [-0.2, -0.15) is 0 Å². The molecule has 0 aromatic carbocycles. The molecule has 0 saturated heterocycles. The van der Waals surface area contributed by atoms with Crippen LogP contribution in [0, 0.1) is 5.41 Å². The number of esters is 1. The van der Waals surface area contributed by atoms with Crippen LogP contribution in [0.1, 0.15) is 20.8 Å². The lowest BCUT2D eigenvalue weighted by molar-refractivity contribution is -0.152. The van der Waals surface area contributed by atoms with E-state index >= 15 is 0 Å². The monoisotopic (exact) mass is 242 g/mol. The summed E-state index contributed by atoms with van der Waals surface area (Å²) in [6, 6.07) is 0. The lowest BCUT2D eigenvalue weighted by Gasteiger charge is -2.16. The van der Waals surface area contributed by atoms with Crippen LogP contribution in [0.3, 0.4) is 0 Å². The molecule has 0 aliphatic carbocycles. The molecule has 14 heavy (non-hydrogen) atoms. The van der Waals surface area contributed by atoms with E-state index in [1.165, 1.54) is 0 Å². The van der Waals surface area contributed by atoms with Crippen molar-refractivity contribution in [1.82, 2.24) is 0 Å². The minimum absolute atomic E-state index is 0.0197. The van der Waals surface area contributed by atoms with Crippen LogP contribution >= 0.6 is 18.2 Å². The highest BCUT2D eigenvalue weighted by Gasteiger charge is 2.23. The first-order valence-electron chi connectivity index (χ1n) is 4.00. The van der Waals surface area contributed by atoms with Crippen LogP contribution in [-0.4, -0.2) is 28.1 Å². The van der Waals surface area contributed by atoms with E-state index < -0.39 is 12.2 Å². The Balaban J connectivity index is 3.67. The van der Waals surface area contributed by atoms with Crippen molar-refractivity contribution in [3.05, 3.63) is 0 Å². The Morgan fingerprint density at radius 2 is 1.93 bits per heavy atom. The zero-order chi connectivity index (χ0) is 11.4. The molecule has 0 aliphatic heterocycles. The summed E-state index contributed by atoms with van der Waals surface area (Å²) in [4.78, 5) is 28.1. The molecule has 2 N–H and O–H groups in total. The van der Waals surface area contributed by atoms with Gasteiger partial charge in [-0.15, -0.1) is 0 Å². The Labute approximate surface area is 87.1 Å². The predicted octanol–water partition coefficient (Wildman–Crippen LogP) is 1.40. The summed E-state index contributed by atoms with van der Waals surface area (Å²) in [6.07, 6.45) is 0. The van der Waals surface area contributed by atoms with Crippen molar-refractivity contribution in [2.45, 2.75) is 20.8 Å². The second-order valence-electron chi connectivity index (χ2n) is 3.71. The van der Waals surface area contributed by atoms with Gasteiger partial charge in [0.1, 0.15) is 6.61 Å². The molecule has 5 nitrogen and oxygen atoms in total. The maximum atomic E-state index is 11.2. The standard InChI is InChI=1S/C7H15O5PS/c1-7(2,3)6(8)12-4-5-14-13(9,10)11/h4-5H2,1-3H3,(H2,9,10,11). The number of carbonyl (C=O) groups excluding carboxylic acids is 1. The highest BCUT2D eigenvalue weighted by atomic mass is 32.7. The Morgan fingerprint density at radius 1 is 1.43 bits per heavy atom. The van der Waals surface area contributed by atoms with E-state index in [9.17, 15) is 9.36 Å². The minimum atomic E-state index is -4.04. The van der Waals surface area contributed by atoms with Crippen molar-refractivity contribution in [3.8, 4) is 0 Å². The summed E-state index contributed by atoms with van der Waals surface area (Å²) >= 11 is 0.476. The molecule has 0 rings (SSSR count). The molecule has 0 radical (unpaired) electrons. The zero-order valence-corrected chi connectivity index (χ0v) is 10.1. The Kier molecular flexibility index (Phi) is 5.15. The van der Waals surface area contributed by atoms with Gasteiger partial charge in [-0.3, -0.25) is 4.79 Å². The first-order chi connectivity index (χ1) is 6.13. The second kappa shape index (κ2) is 5.16. The molecule has 0 saturated carbocycles. The largest absolute Gasteiger partial charge is 0.464 e. The van der Waals surface area contributed by atoms with Crippen molar-refractivity contribution in [3.63, 3.8) is 0 Å². The van der Waals surface area contributed by atoms with Gasteiger partial charge in [0.25, 0.3) is 0 Å². The van der Waals surface area contributed by atoms with Crippen LogP contribution in [0.2, 0.25) is 0 Å². The Bertz CT molecular complexity index is 241. The Hall–Kier alpha value is -0.0300. The van der Waals surface area contributed by atoms with E-state index in [-0.39, 0.29) is 18.3 Å². The SMILES string of the molecule is CC(C)(C)C(=O)OCCSP(=O)(O)O. The van der Waals surface area contributed by atoms with E-state index in [0.717, 1.165) is 0 Å². The van der Waals surface area contributed by atoms with E-state index in [2.05, 4.69) is 0 Å². The van der Waals surface area contributed by atoms with Crippen LogP contribution in [0.25, 0.3) is 0 Å². The second-order valence-corrected chi connectivity index (χ2v) is 7.56. The molecule has 0 fully saturated rings. The number of hydrogen-bond acceptors (Lipinski definition) is 4. The fourth-order valence-corrected chi connectivity index (χ4v) is 1.84. The van der Waals surface area contributed by atoms with E-state index in [1.807, 2.05) is 0 Å². The molecule has 84 valence electrons. The van der Waals surface area contributed by atoms with Crippen molar-refractivity contribution < 1.29 is 23.9 Å². The fraction of sp³-hybridized carbons (Fsp3) is 0.857. The maximum Gasteiger partial charge on any atom is 0.384 e. The molecule has 0 aromatic heterocycles. The molecular weight excluding hydrogens is 227 g/mol. The molecule has 0 aromatic rings. The van der Waals surface area contributed by atoms with Gasteiger partial charge in [-0.05, 0) is 32.2 Å². The third-order valence-electron chi connectivity index (χ3n) is 1.19. The number of hydrogen-bond donors (Lipinski definition) is 2. The zero-order valence-electron chi connectivity index (χ0n) is 8.39. The average Bonchev–Trinajstić information content (AvgIpc) is 1.93. The molecular formula is C7H15O5PS. The number of rotatable bonds is 4. The van der Waals surface area contributed by atoms with Gasteiger partial charge in [0.15, 0.2) is 0 Å². The molecule has 0 spiro atoms. The topological polar surface area (TPSA) is 83.8 Å². The summed E-state index contributed by atoms with van der Waals surface area (Å²) in [7, 11) is 0. The van der Waals surface area contributed by atoms with Crippen LogP contribution in [-0.2, 0) is 14.1 Å². The first kappa shape index (κ1) is 14.0. The summed E-state index contributed by atoms with van der Waals surface area (Å²) in [5, 5.41) is 0. The van der Waals surface area contributed by atoms with Crippen LogP contribution in [0.15, 0.2) is 0 Å². The van der Waals surface area contributed by atoms with Crippen LogP contribution in [0.4, 0.5) is 0 Å².